The van der Waals surface area contributed by atoms with E-state index in [0.29, 0.717) is 23.2 Å². The van der Waals surface area contributed by atoms with E-state index in [1.165, 1.54) is 0 Å². The molecule has 1 aliphatic heterocycles. The molecular formula is C19H28ClN3O4. The van der Waals surface area contributed by atoms with Crippen LogP contribution in [0.5, 0.6) is 5.75 Å². The van der Waals surface area contributed by atoms with E-state index in [2.05, 4.69) is 10.7 Å². The molecule has 1 heterocycles. The molecule has 0 atom stereocenters. The number of nitrogens with one attached hydrogen (secondary N) is 2. The van der Waals surface area contributed by atoms with Crippen molar-refractivity contribution in [1.29, 1.82) is 0 Å². The number of halogens is 1. The highest BCUT2D eigenvalue weighted by molar-refractivity contribution is 6.30. The SMILES string of the molecule is CC(C)(C)OC(=O)NCC1CCN(NC(=O)COc2ccc(Cl)cc2)CC1. The molecule has 0 unspecified atom stereocenters. The topological polar surface area (TPSA) is 79.9 Å². The van der Waals surface area contributed by atoms with E-state index in [0.717, 1.165) is 25.9 Å². The normalized spacial score (nSPS) is 15.9. The molecule has 2 rings (SSSR count). The first-order valence-electron chi connectivity index (χ1n) is 9.11. The third kappa shape index (κ3) is 8.49. The van der Waals surface area contributed by atoms with Crippen LogP contribution in [0.3, 0.4) is 0 Å². The van der Waals surface area contributed by atoms with Crippen molar-refractivity contribution in [3.05, 3.63) is 29.3 Å². The zero-order valence-corrected chi connectivity index (χ0v) is 16.8. The van der Waals surface area contributed by atoms with E-state index in [9.17, 15) is 9.59 Å². The lowest BCUT2D eigenvalue weighted by Gasteiger charge is -2.32. The van der Waals surface area contributed by atoms with Gasteiger partial charge in [0.05, 0.1) is 0 Å². The first-order chi connectivity index (χ1) is 12.7. The van der Waals surface area contributed by atoms with Gasteiger partial charge >= 0.3 is 6.09 Å². The quantitative estimate of drug-likeness (QED) is 0.771. The summed E-state index contributed by atoms with van der Waals surface area (Å²) in [4.78, 5) is 23.7. The number of nitrogens with zero attached hydrogens (tertiary/aromatic N) is 1. The van der Waals surface area contributed by atoms with Crippen molar-refractivity contribution in [2.75, 3.05) is 26.2 Å². The van der Waals surface area contributed by atoms with Gasteiger partial charge in [0.25, 0.3) is 5.91 Å². The van der Waals surface area contributed by atoms with Crippen LogP contribution in [0, 0.1) is 5.92 Å². The summed E-state index contributed by atoms with van der Waals surface area (Å²) in [6.45, 7) is 7.50. The van der Waals surface area contributed by atoms with Crippen molar-refractivity contribution in [3.8, 4) is 5.75 Å². The van der Waals surface area contributed by atoms with E-state index in [1.807, 2.05) is 25.8 Å². The molecule has 27 heavy (non-hydrogen) atoms. The first kappa shape index (κ1) is 21.3. The summed E-state index contributed by atoms with van der Waals surface area (Å²) in [5.41, 5.74) is 2.35. The highest BCUT2D eigenvalue weighted by atomic mass is 35.5. The molecule has 0 aromatic heterocycles. The third-order valence-electron chi connectivity index (χ3n) is 4.01. The van der Waals surface area contributed by atoms with Crippen molar-refractivity contribution >= 4 is 23.6 Å². The van der Waals surface area contributed by atoms with Crippen molar-refractivity contribution in [2.45, 2.75) is 39.2 Å². The minimum Gasteiger partial charge on any atom is -0.484 e. The second-order valence-electron chi connectivity index (χ2n) is 7.59. The fourth-order valence-corrected chi connectivity index (χ4v) is 2.81. The number of carbonyl (C=O) groups is 2. The van der Waals surface area contributed by atoms with Gasteiger partial charge in [-0.15, -0.1) is 0 Å². The Hall–Kier alpha value is -1.99. The van der Waals surface area contributed by atoms with Crippen molar-refractivity contribution in [1.82, 2.24) is 15.8 Å². The van der Waals surface area contributed by atoms with Crippen LogP contribution in [0.4, 0.5) is 4.79 Å². The van der Waals surface area contributed by atoms with E-state index in [4.69, 9.17) is 21.1 Å². The number of amides is 2. The predicted octanol–water partition coefficient (Wildman–Crippen LogP) is 2.99. The minimum absolute atomic E-state index is 0.0538. The molecule has 1 aliphatic rings. The molecule has 0 radical (unpaired) electrons. The van der Waals surface area contributed by atoms with Gasteiger partial charge in [0.15, 0.2) is 6.61 Å². The Morgan fingerprint density at radius 1 is 1.19 bits per heavy atom. The summed E-state index contributed by atoms with van der Waals surface area (Å²) in [7, 11) is 0. The predicted molar refractivity (Wildman–Crippen MR) is 104 cm³/mol. The summed E-state index contributed by atoms with van der Waals surface area (Å²) in [5.74, 6) is 0.771. The van der Waals surface area contributed by atoms with Gasteiger partial charge in [0.1, 0.15) is 11.4 Å². The summed E-state index contributed by atoms with van der Waals surface area (Å²) in [5, 5.41) is 5.32. The maximum Gasteiger partial charge on any atom is 0.407 e. The summed E-state index contributed by atoms with van der Waals surface area (Å²) in [6.07, 6.45) is 1.37. The number of hydrogen-bond donors (Lipinski definition) is 2. The monoisotopic (exact) mass is 397 g/mol. The largest absolute Gasteiger partial charge is 0.484 e. The van der Waals surface area contributed by atoms with Gasteiger partial charge in [-0.3, -0.25) is 10.2 Å². The third-order valence-corrected chi connectivity index (χ3v) is 4.27. The number of rotatable bonds is 6. The lowest BCUT2D eigenvalue weighted by molar-refractivity contribution is -0.128. The van der Waals surface area contributed by atoms with Gasteiger partial charge in [-0.1, -0.05) is 11.6 Å². The molecule has 8 heteroatoms. The number of piperidine rings is 1. The molecule has 0 spiro atoms. The van der Waals surface area contributed by atoms with Crippen LogP contribution < -0.4 is 15.5 Å². The Labute approximate surface area is 165 Å². The van der Waals surface area contributed by atoms with Gasteiger partial charge in [-0.25, -0.2) is 9.80 Å². The van der Waals surface area contributed by atoms with Crippen molar-refractivity contribution in [2.24, 2.45) is 5.92 Å². The summed E-state index contributed by atoms with van der Waals surface area (Å²) in [6, 6.07) is 6.87. The fraction of sp³-hybridized carbons (Fsp3) is 0.579. The molecule has 2 amide bonds. The number of alkyl carbamates (subject to hydrolysis) is 1. The molecule has 1 fully saturated rings. The second kappa shape index (κ2) is 9.80. The smallest absolute Gasteiger partial charge is 0.407 e. The van der Waals surface area contributed by atoms with Crippen molar-refractivity contribution < 1.29 is 19.1 Å². The van der Waals surface area contributed by atoms with Gasteiger partial charge in [0.2, 0.25) is 0 Å². The Balaban J connectivity index is 1.61. The van der Waals surface area contributed by atoms with E-state index < -0.39 is 11.7 Å². The fourth-order valence-electron chi connectivity index (χ4n) is 2.68. The highest BCUT2D eigenvalue weighted by Gasteiger charge is 2.22. The zero-order valence-electron chi connectivity index (χ0n) is 16.1. The maximum absolute atomic E-state index is 12.0. The second-order valence-corrected chi connectivity index (χ2v) is 8.03. The Bertz CT molecular complexity index is 623. The number of carbonyl (C=O) groups excluding carboxylic acids is 2. The molecule has 0 saturated carbocycles. The minimum atomic E-state index is -0.494. The van der Waals surface area contributed by atoms with Gasteiger partial charge in [-0.05, 0) is 63.8 Å². The summed E-state index contributed by atoms with van der Waals surface area (Å²) >= 11 is 5.81. The first-order valence-corrected chi connectivity index (χ1v) is 9.49. The zero-order chi connectivity index (χ0) is 19.9. The average molecular weight is 398 g/mol. The maximum atomic E-state index is 12.0. The van der Waals surface area contributed by atoms with Crippen LogP contribution in [-0.2, 0) is 9.53 Å². The van der Waals surface area contributed by atoms with E-state index in [1.54, 1.807) is 24.3 Å². The Morgan fingerprint density at radius 2 is 1.81 bits per heavy atom. The standard InChI is InChI=1S/C19H28ClN3O4/c1-19(2,3)27-18(25)21-12-14-8-10-23(11-9-14)22-17(24)13-26-16-6-4-15(20)5-7-16/h4-7,14H,8-13H2,1-3H3,(H,21,25)(H,22,24). The lowest BCUT2D eigenvalue weighted by atomic mass is 9.98. The van der Waals surface area contributed by atoms with Crippen LogP contribution in [0.15, 0.2) is 24.3 Å². The van der Waals surface area contributed by atoms with Crippen LogP contribution in [0.2, 0.25) is 5.02 Å². The average Bonchev–Trinajstić information content (AvgIpc) is 2.59. The van der Waals surface area contributed by atoms with Crippen molar-refractivity contribution in [3.63, 3.8) is 0 Å². The molecule has 1 saturated heterocycles. The van der Waals surface area contributed by atoms with Gasteiger partial charge < -0.3 is 14.8 Å². The number of benzene rings is 1. The number of hydrazine groups is 1. The van der Waals surface area contributed by atoms with Gasteiger partial charge in [0, 0.05) is 24.7 Å². The molecular weight excluding hydrogens is 370 g/mol. The molecule has 1 aromatic rings. The molecule has 1 aromatic carbocycles. The highest BCUT2D eigenvalue weighted by Crippen LogP contribution is 2.16. The number of hydrogen-bond acceptors (Lipinski definition) is 5. The van der Waals surface area contributed by atoms with Crippen LogP contribution in [0.25, 0.3) is 0 Å². The molecule has 2 N–H and O–H groups in total. The summed E-state index contributed by atoms with van der Waals surface area (Å²) < 4.78 is 10.7. The van der Waals surface area contributed by atoms with Crippen LogP contribution in [0.1, 0.15) is 33.6 Å². The van der Waals surface area contributed by atoms with E-state index in [-0.39, 0.29) is 12.5 Å². The van der Waals surface area contributed by atoms with E-state index >= 15 is 0 Å². The lowest BCUT2D eigenvalue weighted by Crippen LogP contribution is -2.49. The molecule has 0 bridgehead atoms. The molecule has 150 valence electrons. The number of ether oxygens (including phenoxy) is 2. The molecule has 0 aliphatic carbocycles. The van der Waals surface area contributed by atoms with Crippen LogP contribution >= 0.6 is 11.6 Å². The van der Waals surface area contributed by atoms with Gasteiger partial charge in [-0.2, -0.15) is 0 Å². The van der Waals surface area contributed by atoms with Crippen LogP contribution in [-0.4, -0.2) is 48.9 Å². The Kier molecular flexibility index (Phi) is 7.74. The molecule has 7 nitrogen and oxygen atoms in total. The Morgan fingerprint density at radius 3 is 2.41 bits per heavy atom.